The SMILES string of the molecule is O=C(O)COc1ccc(SCc2cccc3nc(-c4ccc(C(F)(F)F)cc4)oc23)cc1Br. The van der Waals surface area contributed by atoms with Gasteiger partial charge in [-0.3, -0.25) is 0 Å². The van der Waals surface area contributed by atoms with Crippen molar-refractivity contribution >= 4 is 44.8 Å². The Hall–Kier alpha value is -2.98. The average Bonchev–Trinajstić information content (AvgIpc) is 3.21. The molecule has 4 rings (SSSR count). The first-order chi connectivity index (χ1) is 15.7. The van der Waals surface area contributed by atoms with Crippen LogP contribution >= 0.6 is 27.7 Å². The second-order valence-electron chi connectivity index (χ2n) is 6.92. The van der Waals surface area contributed by atoms with Crippen LogP contribution in [0.3, 0.4) is 0 Å². The first-order valence-electron chi connectivity index (χ1n) is 9.54. The molecule has 0 aliphatic carbocycles. The number of thioether (sulfide) groups is 1. The molecule has 5 nitrogen and oxygen atoms in total. The van der Waals surface area contributed by atoms with E-state index < -0.39 is 24.3 Å². The molecule has 0 bridgehead atoms. The average molecular weight is 538 g/mol. The second-order valence-corrected chi connectivity index (χ2v) is 8.83. The molecule has 1 heterocycles. The third-order valence-electron chi connectivity index (χ3n) is 4.60. The third-order valence-corrected chi connectivity index (χ3v) is 6.27. The largest absolute Gasteiger partial charge is 0.481 e. The molecule has 0 aliphatic heterocycles. The highest BCUT2D eigenvalue weighted by molar-refractivity contribution is 9.10. The molecule has 0 atom stereocenters. The lowest BCUT2D eigenvalue weighted by atomic mass is 10.1. The van der Waals surface area contributed by atoms with Crippen LogP contribution in [0, 0.1) is 0 Å². The van der Waals surface area contributed by atoms with E-state index in [0.717, 1.165) is 22.6 Å². The van der Waals surface area contributed by atoms with Crippen LogP contribution in [0.4, 0.5) is 13.2 Å². The number of oxazole rings is 1. The normalized spacial score (nSPS) is 11.6. The monoisotopic (exact) mass is 537 g/mol. The van der Waals surface area contributed by atoms with Gasteiger partial charge in [-0.2, -0.15) is 13.2 Å². The van der Waals surface area contributed by atoms with Gasteiger partial charge in [-0.25, -0.2) is 9.78 Å². The molecule has 3 aromatic carbocycles. The van der Waals surface area contributed by atoms with Crippen molar-refractivity contribution < 1.29 is 32.2 Å². The number of benzene rings is 3. The Kier molecular flexibility index (Phi) is 6.66. The summed E-state index contributed by atoms with van der Waals surface area (Å²) in [5.74, 6) is 0.177. The maximum atomic E-state index is 12.8. The summed E-state index contributed by atoms with van der Waals surface area (Å²) in [4.78, 5) is 16.0. The van der Waals surface area contributed by atoms with Crippen LogP contribution < -0.4 is 4.74 Å². The zero-order chi connectivity index (χ0) is 23.6. The van der Waals surface area contributed by atoms with Gasteiger partial charge in [0.05, 0.1) is 10.0 Å². The fraction of sp³-hybridized carbons (Fsp3) is 0.130. The highest BCUT2D eigenvalue weighted by atomic mass is 79.9. The van der Waals surface area contributed by atoms with Gasteiger partial charge in [0.1, 0.15) is 11.3 Å². The van der Waals surface area contributed by atoms with Gasteiger partial charge >= 0.3 is 12.1 Å². The topological polar surface area (TPSA) is 72.6 Å². The van der Waals surface area contributed by atoms with E-state index in [2.05, 4.69) is 20.9 Å². The molecule has 1 N–H and O–H groups in total. The predicted molar refractivity (Wildman–Crippen MR) is 121 cm³/mol. The van der Waals surface area contributed by atoms with E-state index in [9.17, 15) is 18.0 Å². The Labute approximate surface area is 198 Å². The van der Waals surface area contributed by atoms with Crippen molar-refractivity contribution in [3.8, 4) is 17.2 Å². The number of carbonyl (C=O) groups is 1. The number of nitrogens with zero attached hydrogens (tertiary/aromatic N) is 1. The lowest BCUT2D eigenvalue weighted by Crippen LogP contribution is -2.09. The maximum absolute atomic E-state index is 12.8. The Morgan fingerprint density at radius 1 is 1.12 bits per heavy atom. The van der Waals surface area contributed by atoms with Gasteiger partial charge in [0.2, 0.25) is 5.89 Å². The number of para-hydroxylation sites is 1. The molecular weight excluding hydrogens is 523 g/mol. The molecule has 170 valence electrons. The molecule has 0 aliphatic rings. The number of rotatable bonds is 7. The van der Waals surface area contributed by atoms with Crippen molar-refractivity contribution in [1.29, 1.82) is 0 Å². The summed E-state index contributed by atoms with van der Waals surface area (Å²) in [5, 5.41) is 8.73. The van der Waals surface area contributed by atoms with Crippen molar-refractivity contribution in [1.82, 2.24) is 4.98 Å². The molecular formula is C23H15BrF3NO4S. The molecule has 4 aromatic rings. The number of carboxylic acid groups (broad SMARTS) is 1. The molecule has 33 heavy (non-hydrogen) atoms. The lowest BCUT2D eigenvalue weighted by molar-refractivity contribution is -0.139. The van der Waals surface area contributed by atoms with Crippen LogP contribution in [0.1, 0.15) is 11.1 Å². The zero-order valence-electron chi connectivity index (χ0n) is 16.7. The van der Waals surface area contributed by atoms with E-state index in [1.54, 1.807) is 12.1 Å². The number of ether oxygens (including phenoxy) is 1. The molecule has 0 radical (unpaired) electrons. The maximum Gasteiger partial charge on any atom is 0.416 e. The molecule has 1 aromatic heterocycles. The smallest absolute Gasteiger partial charge is 0.416 e. The number of carboxylic acids is 1. The second kappa shape index (κ2) is 9.48. The third kappa shape index (κ3) is 5.51. The van der Waals surface area contributed by atoms with Crippen molar-refractivity contribution in [2.24, 2.45) is 0 Å². The standard InChI is InChI=1S/C23H15BrF3NO4S/c24-17-10-16(8-9-19(17)31-11-20(29)30)33-12-14-2-1-3-18-21(14)32-22(28-18)13-4-6-15(7-5-13)23(25,26)27/h1-10H,11-12H2,(H,29,30). The molecule has 10 heteroatoms. The molecule has 0 fully saturated rings. The summed E-state index contributed by atoms with van der Waals surface area (Å²) in [7, 11) is 0. The van der Waals surface area contributed by atoms with Crippen molar-refractivity contribution in [3.05, 3.63) is 76.3 Å². The van der Waals surface area contributed by atoms with E-state index in [-0.39, 0.29) is 5.89 Å². The van der Waals surface area contributed by atoms with E-state index >= 15 is 0 Å². The number of hydrogen-bond acceptors (Lipinski definition) is 5. The minimum atomic E-state index is -4.40. The predicted octanol–water partition coefficient (Wildman–Crippen LogP) is 7.03. The Balaban J connectivity index is 1.52. The Morgan fingerprint density at radius 2 is 1.88 bits per heavy atom. The highest BCUT2D eigenvalue weighted by Gasteiger charge is 2.30. The highest BCUT2D eigenvalue weighted by Crippen LogP contribution is 2.35. The number of aliphatic carboxylic acids is 1. The van der Waals surface area contributed by atoms with Crippen molar-refractivity contribution in [2.45, 2.75) is 16.8 Å². The number of alkyl halides is 3. The van der Waals surface area contributed by atoms with Gasteiger partial charge in [0.15, 0.2) is 12.2 Å². The first kappa shape index (κ1) is 23.2. The first-order valence-corrected chi connectivity index (χ1v) is 11.3. The Morgan fingerprint density at radius 3 is 2.55 bits per heavy atom. The molecule has 0 spiro atoms. The van der Waals surface area contributed by atoms with Crippen LogP contribution in [0.15, 0.2) is 74.4 Å². The van der Waals surface area contributed by atoms with Gasteiger partial charge in [-0.05, 0) is 64.5 Å². The van der Waals surface area contributed by atoms with E-state index in [0.29, 0.717) is 32.6 Å². The molecule has 0 saturated heterocycles. The van der Waals surface area contributed by atoms with Gasteiger partial charge < -0.3 is 14.3 Å². The summed E-state index contributed by atoms with van der Waals surface area (Å²) in [6.07, 6.45) is -4.40. The van der Waals surface area contributed by atoms with Crippen LogP contribution in [0.25, 0.3) is 22.6 Å². The molecule has 0 unspecified atom stereocenters. The van der Waals surface area contributed by atoms with Crippen LogP contribution in [-0.2, 0) is 16.7 Å². The van der Waals surface area contributed by atoms with E-state index in [1.165, 1.54) is 23.9 Å². The van der Waals surface area contributed by atoms with Gasteiger partial charge in [-0.15, -0.1) is 11.8 Å². The van der Waals surface area contributed by atoms with E-state index in [4.69, 9.17) is 14.3 Å². The van der Waals surface area contributed by atoms with Crippen LogP contribution in [0.5, 0.6) is 5.75 Å². The summed E-state index contributed by atoms with van der Waals surface area (Å²) >= 11 is 4.91. The fourth-order valence-corrected chi connectivity index (χ4v) is 4.59. The fourth-order valence-electron chi connectivity index (χ4n) is 3.03. The van der Waals surface area contributed by atoms with Crippen molar-refractivity contribution in [3.63, 3.8) is 0 Å². The number of aromatic nitrogens is 1. The molecule has 0 saturated carbocycles. The number of fused-ring (bicyclic) bond motifs is 1. The minimum absolute atomic E-state index is 0.249. The lowest BCUT2D eigenvalue weighted by Gasteiger charge is -2.08. The minimum Gasteiger partial charge on any atom is -0.481 e. The van der Waals surface area contributed by atoms with Gasteiger partial charge in [0.25, 0.3) is 0 Å². The summed E-state index contributed by atoms with van der Waals surface area (Å²) < 4.78 is 50.2. The summed E-state index contributed by atoms with van der Waals surface area (Å²) in [5.41, 5.74) is 1.79. The zero-order valence-corrected chi connectivity index (χ0v) is 19.1. The van der Waals surface area contributed by atoms with Crippen molar-refractivity contribution in [2.75, 3.05) is 6.61 Å². The Bertz CT molecular complexity index is 1310. The van der Waals surface area contributed by atoms with Crippen LogP contribution in [-0.4, -0.2) is 22.7 Å². The number of hydrogen-bond donors (Lipinski definition) is 1. The quantitative estimate of drug-likeness (QED) is 0.255. The molecule has 0 amide bonds. The van der Waals surface area contributed by atoms with Crippen LogP contribution in [0.2, 0.25) is 0 Å². The summed E-state index contributed by atoms with van der Waals surface area (Å²) in [6, 6.07) is 15.5. The van der Waals surface area contributed by atoms with Gasteiger partial charge in [0, 0.05) is 21.8 Å². The summed E-state index contributed by atoms with van der Waals surface area (Å²) in [6.45, 7) is -0.431. The van der Waals surface area contributed by atoms with Gasteiger partial charge in [-0.1, -0.05) is 12.1 Å². The van der Waals surface area contributed by atoms with E-state index in [1.807, 2.05) is 24.3 Å². The number of halogens is 4.